The van der Waals surface area contributed by atoms with Crippen LogP contribution in [0.15, 0.2) is 53.5 Å². The van der Waals surface area contributed by atoms with Gasteiger partial charge in [-0.3, -0.25) is 13.9 Å². The number of fused-ring (bicyclic) bond motifs is 1. The van der Waals surface area contributed by atoms with Crippen molar-refractivity contribution >= 4 is 17.1 Å². The van der Waals surface area contributed by atoms with Gasteiger partial charge >= 0.3 is 5.69 Å². The van der Waals surface area contributed by atoms with E-state index in [0.717, 1.165) is 24.0 Å². The predicted octanol–water partition coefficient (Wildman–Crippen LogP) is 2.44. The van der Waals surface area contributed by atoms with Crippen LogP contribution in [0.4, 0.5) is 0 Å². The van der Waals surface area contributed by atoms with Gasteiger partial charge in [0.25, 0.3) is 5.91 Å². The Hall–Kier alpha value is -3.09. The minimum absolute atomic E-state index is 0.0105. The molecule has 1 fully saturated rings. The number of hydrogen-bond acceptors (Lipinski definition) is 4. The summed E-state index contributed by atoms with van der Waals surface area (Å²) in [4.78, 5) is 31.6. The van der Waals surface area contributed by atoms with Crippen molar-refractivity contribution in [2.45, 2.75) is 32.4 Å². The van der Waals surface area contributed by atoms with E-state index in [1.165, 1.54) is 0 Å². The Kier molecular flexibility index (Phi) is 5.38. The van der Waals surface area contributed by atoms with Gasteiger partial charge in [-0.25, -0.2) is 9.78 Å². The normalized spacial score (nSPS) is 16.1. The Morgan fingerprint density at radius 2 is 1.90 bits per heavy atom. The van der Waals surface area contributed by atoms with Gasteiger partial charge < -0.3 is 9.64 Å². The van der Waals surface area contributed by atoms with E-state index in [2.05, 4.69) is 4.98 Å². The summed E-state index contributed by atoms with van der Waals surface area (Å²) >= 11 is 0. The largest absolute Gasteiger partial charge is 0.481 e. The number of amides is 1. The molecule has 1 unspecified atom stereocenters. The molecule has 0 bridgehead atoms. The van der Waals surface area contributed by atoms with Gasteiger partial charge in [0, 0.05) is 32.9 Å². The van der Waals surface area contributed by atoms with Crippen molar-refractivity contribution in [1.82, 2.24) is 19.0 Å². The molecule has 1 amide bonds. The summed E-state index contributed by atoms with van der Waals surface area (Å²) < 4.78 is 9.18. The van der Waals surface area contributed by atoms with Gasteiger partial charge in [0.15, 0.2) is 11.8 Å². The number of aryl methyl sites for hydroxylation is 1. The third-order valence-electron chi connectivity index (χ3n) is 5.67. The molecule has 3 aromatic rings. The summed E-state index contributed by atoms with van der Waals surface area (Å²) in [5, 5.41) is 0. The van der Waals surface area contributed by atoms with Crippen molar-refractivity contribution in [3.63, 3.8) is 0 Å². The second-order valence-electron chi connectivity index (χ2n) is 7.64. The number of nitrogens with zero attached hydrogens (tertiary/aromatic N) is 4. The first-order valence-corrected chi connectivity index (χ1v) is 10.1. The average molecular weight is 394 g/mol. The molecule has 1 aliphatic rings. The molecule has 0 N–H and O–H groups in total. The van der Waals surface area contributed by atoms with Crippen molar-refractivity contribution in [2.24, 2.45) is 13.0 Å². The number of hydrogen-bond donors (Lipinski definition) is 0. The number of benzene rings is 1. The number of likely N-dealkylation sites (tertiary alicyclic amines) is 1. The van der Waals surface area contributed by atoms with Gasteiger partial charge in [0.05, 0.1) is 5.52 Å². The van der Waals surface area contributed by atoms with Crippen molar-refractivity contribution < 1.29 is 9.53 Å². The zero-order valence-corrected chi connectivity index (χ0v) is 16.8. The molecular formula is C22H26N4O3. The molecule has 0 aliphatic carbocycles. The number of imidazole rings is 1. The molecule has 1 saturated heterocycles. The molecule has 0 radical (unpaired) electrons. The summed E-state index contributed by atoms with van der Waals surface area (Å²) in [6, 6.07) is 13.2. The zero-order valence-electron chi connectivity index (χ0n) is 16.8. The fourth-order valence-corrected chi connectivity index (χ4v) is 4.00. The van der Waals surface area contributed by atoms with E-state index >= 15 is 0 Å². The summed E-state index contributed by atoms with van der Waals surface area (Å²) in [6.07, 6.45) is 2.92. The maximum atomic E-state index is 12.7. The van der Waals surface area contributed by atoms with Gasteiger partial charge in [0.2, 0.25) is 0 Å². The predicted molar refractivity (Wildman–Crippen MR) is 111 cm³/mol. The lowest BCUT2D eigenvalue weighted by molar-refractivity contribution is -0.139. The molecule has 7 nitrogen and oxygen atoms in total. The van der Waals surface area contributed by atoms with Crippen molar-refractivity contribution in [2.75, 3.05) is 13.1 Å². The van der Waals surface area contributed by atoms with Gasteiger partial charge in [-0.2, -0.15) is 0 Å². The van der Waals surface area contributed by atoms with Gasteiger partial charge in [-0.05, 0) is 49.9 Å². The van der Waals surface area contributed by atoms with Crippen LogP contribution in [0.5, 0.6) is 5.75 Å². The number of ether oxygens (including phenoxy) is 1. The van der Waals surface area contributed by atoms with Crippen molar-refractivity contribution in [3.8, 4) is 5.75 Å². The second kappa shape index (κ2) is 8.11. The first-order valence-electron chi connectivity index (χ1n) is 10.1. The third-order valence-corrected chi connectivity index (χ3v) is 5.67. The molecule has 1 aliphatic heterocycles. The van der Waals surface area contributed by atoms with Gasteiger partial charge in [0.1, 0.15) is 5.75 Å². The Morgan fingerprint density at radius 1 is 1.17 bits per heavy atom. The number of carbonyl (C=O) groups is 1. The third kappa shape index (κ3) is 3.90. The van der Waals surface area contributed by atoms with Crippen LogP contribution in [0.2, 0.25) is 0 Å². The van der Waals surface area contributed by atoms with Crippen LogP contribution in [0, 0.1) is 5.92 Å². The Bertz CT molecular complexity index is 1050. The highest BCUT2D eigenvalue weighted by molar-refractivity contribution is 5.81. The lowest BCUT2D eigenvalue weighted by Gasteiger charge is -2.33. The molecule has 152 valence electrons. The molecule has 0 spiro atoms. The number of carbonyl (C=O) groups excluding carboxylic acids is 1. The maximum absolute atomic E-state index is 12.7. The van der Waals surface area contributed by atoms with Crippen molar-refractivity contribution in [3.05, 3.63) is 59.1 Å². The van der Waals surface area contributed by atoms with Crippen LogP contribution in [0.3, 0.4) is 0 Å². The summed E-state index contributed by atoms with van der Waals surface area (Å²) in [6.45, 7) is 3.78. The fourth-order valence-electron chi connectivity index (χ4n) is 4.00. The fraction of sp³-hybridized carbons (Fsp3) is 0.409. The lowest BCUT2D eigenvalue weighted by Crippen LogP contribution is -2.45. The standard InChI is InChI=1S/C22H26N4O3/c1-16(29-18-7-4-3-5-8-18)21(27)25-13-10-17(11-14-25)15-26-20-19(9-6-12-23-20)24(2)22(26)28/h3-9,12,16-17H,10-11,13-15H2,1-2H3. The van der Waals surface area contributed by atoms with E-state index in [0.29, 0.717) is 31.3 Å². The Morgan fingerprint density at radius 3 is 2.62 bits per heavy atom. The number of pyridine rings is 1. The van der Waals surface area contributed by atoms with Gasteiger partial charge in [-0.15, -0.1) is 0 Å². The lowest BCUT2D eigenvalue weighted by atomic mass is 9.96. The van der Waals surface area contributed by atoms with E-state index in [1.807, 2.05) is 47.4 Å². The Balaban J connectivity index is 1.37. The smallest absolute Gasteiger partial charge is 0.330 e. The number of aromatic nitrogens is 3. The van der Waals surface area contributed by atoms with Crippen LogP contribution in [0.25, 0.3) is 11.2 Å². The van der Waals surface area contributed by atoms with Crippen LogP contribution < -0.4 is 10.4 Å². The van der Waals surface area contributed by atoms with Crippen LogP contribution in [-0.4, -0.2) is 44.1 Å². The molecular weight excluding hydrogens is 368 g/mol. The van der Waals surface area contributed by atoms with E-state index in [-0.39, 0.29) is 11.6 Å². The molecule has 0 saturated carbocycles. The number of piperidine rings is 1. The van der Waals surface area contributed by atoms with Gasteiger partial charge in [-0.1, -0.05) is 18.2 Å². The Labute approximate surface area is 169 Å². The molecule has 1 aromatic carbocycles. The highest BCUT2D eigenvalue weighted by Gasteiger charge is 2.28. The second-order valence-corrected chi connectivity index (χ2v) is 7.64. The minimum atomic E-state index is -0.515. The SMILES string of the molecule is CC(Oc1ccccc1)C(=O)N1CCC(Cn2c(=O)n(C)c3cccnc32)CC1. The first-order chi connectivity index (χ1) is 14.0. The first kappa shape index (κ1) is 19.2. The van der Waals surface area contributed by atoms with Crippen LogP contribution in [-0.2, 0) is 18.4 Å². The maximum Gasteiger partial charge on any atom is 0.330 e. The van der Waals surface area contributed by atoms with Crippen LogP contribution in [0.1, 0.15) is 19.8 Å². The zero-order chi connectivity index (χ0) is 20.4. The van der Waals surface area contributed by atoms with E-state index in [4.69, 9.17) is 4.74 Å². The minimum Gasteiger partial charge on any atom is -0.481 e. The topological polar surface area (TPSA) is 69.4 Å². The summed E-state index contributed by atoms with van der Waals surface area (Å²) in [5.41, 5.74) is 1.53. The summed E-state index contributed by atoms with van der Waals surface area (Å²) in [7, 11) is 1.78. The van der Waals surface area contributed by atoms with E-state index in [1.54, 1.807) is 29.3 Å². The number of rotatable bonds is 5. The average Bonchev–Trinajstić information content (AvgIpc) is 2.99. The molecule has 29 heavy (non-hydrogen) atoms. The highest BCUT2D eigenvalue weighted by atomic mass is 16.5. The monoisotopic (exact) mass is 394 g/mol. The summed E-state index contributed by atoms with van der Waals surface area (Å²) in [5.74, 6) is 1.05. The van der Waals surface area contributed by atoms with Crippen molar-refractivity contribution in [1.29, 1.82) is 0 Å². The molecule has 4 rings (SSSR count). The molecule has 3 heterocycles. The molecule has 7 heteroatoms. The van der Waals surface area contributed by atoms with E-state index < -0.39 is 6.10 Å². The number of para-hydroxylation sites is 1. The van der Waals surface area contributed by atoms with E-state index in [9.17, 15) is 9.59 Å². The quantitative estimate of drug-likeness (QED) is 0.667. The van der Waals surface area contributed by atoms with Crippen LogP contribution >= 0.6 is 0 Å². The molecule has 2 aromatic heterocycles. The highest BCUT2D eigenvalue weighted by Crippen LogP contribution is 2.22. The molecule has 1 atom stereocenters.